The molecule has 0 saturated heterocycles. The lowest BCUT2D eigenvalue weighted by molar-refractivity contribution is 0.0954. The van der Waals surface area contributed by atoms with Gasteiger partial charge >= 0.3 is 0 Å². The molecule has 4 nitrogen and oxygen atoms in total. The van der Waals surface area contributed by atoms with Crippen molar-refractivity contribution in [3.8, 4) is 5.75 Å². The van der Waals surface area contributed by atoms with Crippen LogP contribution in [-0.2, 0) is 6.42 Å². The van der Waals surface area contributed by atoms with Gasteiger partial charge in [-0.2, -0.15) is 5.10 Å². The molecule has 0 heterocycles. The maximum Gasteiger partial charge on any atom is 0.191 e. The molecule has 2 fully saturated rings. The van der Waals surface area contributed by atoms with E-state index in [-0.39, 0.29) is 5.41 Å². The van der Waals surface area contributed by atoms with E-state index in [1.807, 2.05) is 30.3 Å². The Morgan fingerprint density at radius 3 is 2.74 bits per heavy atom. The van der Waals surface area contributed by atoms with Gasteiger partial charge in [0.05, 0.1) is 7.11 Å². The van der Waals surface area contributed by atoms with E-state index in [1.54, 1.807) is 12.7 Å². The predicted octanol–water partition coefficient (Wildman–Crippen LogP) is 5.89. The number of rotatable bonds is 3. The number of nitrogens with zero attached hydrogens (tertiary/aromatic N) is 1. The number of hydrogen-bond donors (Lipinski definition) is 2. The molecule has 0 radical (unpaired) electrons. The van der Waals surface area contributed by atoms with Gasteiger partial charge in [0.2, 0.25) is 0 Å². The molecular formula is C26H31N3OS. The number of ether oxygens (including phenoxy) is 1. The normalized spacial score (nSPS) is 30.1. The molecule has 0 bridgehead atoms. The predicted molar refractivity (Wildman–Crippen MR) is 131 cm³/mol. The van der Waals surface area contributed by atoms with Gasteiger partial charge in [0.15, 0.2) is 5.11 Å². The summed E-state index contributed by atoms with van der Waals surface area (Å²) in [5, 5.41) is 8.60. The Morgan fingerprint density at radius 1 is 1.10 bits per heavy atom. The van der Waals surface area contributed by atoms with Crippen LogP contribution < -0.4 is 15.5 Å². The van der Waals surface area contributed by atoms with Crippen LogP contribution in [0, 0.1) is 17.3 Å². The first-order valence-electron chi connectivity index (χ1n) is 11.4. The van der Waals surface area contributed by atoms with Crippen LogP contribution in [-0.4, -0.2) is 17.9 Å². The quantitative estimate of drug-likeness (QED) is 0.468. The number of hydrogen-bond acceptors (Lipinski definition) is 3. The number of para-hydroxylation sites is 1. The minimum atomic E-state index is 0.181. The zero-order chi connectivity index (χ0) is 21.4. The van der Waals surface area contributed by atoms with Gasteiger partial charge < -0.3 is 10.1 Å². The minimum Gasteiger partial charge on any atom is -0.497 e. The fourth-order valence-corrected chi connectivity index (χ4v) is 6.62. The second-order valence-corrected chi connectivity index (χ2v) is 9.87. The Balaban J connectivity index is 1.30. The zero-order valence-electron chi connectivity index (χ0n) is 18.4. The summed E-state index contributed by atoms with van der Waals surface area (Å²) >= 11 is 5.47. The second-order valence-electron chi connectivity index (χ2n) is 9.47. The smallest absolute Gasteiger partial charge is 0.191 e. The average molecular weight is 434 g/mol. The fraction of sp³-hybridized carbons (Fsp3) is 0.462. The highest BCUT2D eigenvalue weighted by Crippen LogP contribution is 2.59. The first kappa shape index (κ1) is 20.5. The van der Waals surface area contributed by atoms with Gasteiger partial charge in [-0.1, -0.05) is 31.2 Å². The lowest BCUT2D eigenvalue weighted by Gasteiger charge is -2.49. The number of hydrazone groups is 1. The summed E-state index contributed by atoms with van der Waals surface area (Å²) in [7, 11) is 1.76. The van der Waals surface area contributed by atoms with E-state index in [9.17, 15) is 0 Å². The van der Waals surface area contributed by atoms with Crippen molar-refractivity contribution in [2.24, 2.45) is 22.4 Å². The van der Waals surface area contributed by atoms with Crippen LogP contribution >= 0.6 is 12.2 Å². The van der Waals surface area contributed by atoms with Gasteiger partial charge in [0.25, 0.3) is 0 Å². The summed E-state index contributed by atoms with van der Waals surface area (Å²) in [5.41, 5.74) is 8.65. The molecule has 4 atom stereocenters. The molecule has 0 spiro atoms. The molecule has 2 saturated carbocycles. The lowest BCUT2D eigenvalue weighted by atomic mass is 9.55. The van der Waals surface area contributed by atoms with E-state index in [0.717, 1.165) is 30.2 Å². The van der Waals surface area contributed by atoms with Crippen molar-refractivity contribution in [2.45, 2.75) is 51.4 Å². The Morgan fingerprint density at radius 2 is 1.94 bits per heavy atom. The van der Waals surface area contributed by atoms with Crippen molar-refractivity contribution >= 4 is 28.7 Å². The molecule has 0 amide bonds. The number of anilines is 1. The second kappa shape index (κ2) is 8.27. The molecule has 31 heavy (non-hydrogen) atoms. The van der Waals surface area contributed by atoms with Crippen molar-refractivity contribution in [2.75, 3.05) is 12.4 Å². The molecule has 5 heteroatoms. The van der Waals surface area contributed by atoms with Crippen molar-refractivity contribution in [1.29, 1.82) is 0 Å². The number of fused-ring (bicyclic) bond motifs is 5. The van der Waals surface area contributed by atoms with Crippen LogP contribution in [0.5, 0.6) is 5.75 Å². The monoisotopic (exact) mass is 433 g/mol. The Bertz CT molecular complexity index is 1000. The molecule has 3 aliphatic carbocycles. The van der Waals surface area contributed by atoms with E-state index in [2.05, 4.69) is 35.9 Å². The number of benzene rings is 2. The van der Waals surface area contributed by atoms with Crippen LogP contribution in [0.1, 0.15) is 56.1 Å². The van der Waals surface area contributed by atoms with Gasteiger partial charge in [-0.15, -0.1) is 0 Å². The Labute approximate surface area is 190 Å². The zero-order valence-corrected chi connectivity index (χ0v) is 19.2. The molecule has 2 aromatic carbocycles. The van der Waals surface area contributed by atoms with Crippen molar-refractivity contribution in [3.05, 3.63) is 59.7 Å². The van der Waals surface area contributed by atoms with Gasteiger partial charge in [-0.3, -0.25) is 5.43 Å². The molecule has 3 aliphatic rings. The third-order valence-electron chi connectivity index (χ3n) is 8.00. The van der Waals surface area contributed by atoms with E-state index in [1.165, 1.54) is 37.0 Å². The Hall–Kier alpha value is -2.40. The SMILES string of the molecule is COc1ccc2c(c1)CCC1C2CCC2(C)C(=NNC(=S)Nc3ccccc3)CCC12. The summed E-state index contributed by atoms with van der Waals surface area (Å²) < 4.78 is 5.46. The topological polar surface area (TPSA) is 45.6 Å². The van der Waals surface area contributed by atoms with E-state index in [0.29, 0.717) is 16.9 Å². The Kier molecular flexibility index (Phi) is 5.47. The third-order valence-corrected chi connectivity index (χ3v) is 8.19. The summed E-state index contributed by atoms with van der Waals surface area (Å²) in [6.07, 6.45) is 7.19. The molecule has 4 unspecified atom stereocenters. The van der Waals surface area contributed by atoms with E-state index in [4.69, 9.17) is 22.1 Å². The van der Waals surface area contributed by atoms with E-state index < -0.39 is 0 Å². The molecule has 0 aromatic heterocycles. The lowest BCUT2D eigenvalue weighted by Crippen LogP contribution is -2.43. The summed E-state index contributed by atoms with van der Waals surface area (Å²) in [4.78, 5) is 0. The first-order valence-corrected chi connectivity index (χ1v) is 11.9. The largest absolute Gasteiger partial charge is 0.497 e. The highest BCUT2D eigenvalue weighted by molar-refractivity contribution is 7.80. The van der Waals surface area contributed by atoms with Crippen molar-refractivity contribution in [1.82, 2.24) is 5.43 Å². The van der Waals surface area contributed by atoms with Crippen molar-refractivity contribution < 1.29 is 4.74 Å². The van der Waals surface area contributed by atoms with E-state index >= 15 is 0 Å². The molecule has 2 aromatic rings. The number of methoxy groups -OCH3 is 1. The maximum absolute atomic E-state index is 5.47. The molecule has 2 N–H and O–H groups in total. The number of nitrogens with one attached hydrogen (secondary N) is 2. The molecule has 162 valence electrons. The van der Waals surface area contributed by atoms with Gasteiger partial charge in [-0.05, 0) is 104 Å². The van der Waals surface area contributed by atoms with Gasteiger partial charge in [-0.25, -0.2) is 0 Å². The maximum atomic E-state index is 5.47. The molecular weight excluding hydrogens is 402 g/mol. The van der Waals surface area contributed by atoms with Crippen LogP contribution in [0.2, 0.25) is 0 Å². The molecule has 5 rings (SSSR count). The average Bonchev–Trinajstić information content (AvgIpc) is 3.14. The van der Waals surface area contributed by atoms with Crippen LogP contribution in [0.25, 0.3) is 0 Å². The fourth-order valence-electron chi connectivity index (χ4n) is 6.46. The van der Waals surface area contributed by atoms with Crippen LogP contribution in [0.3, 0.4) is 0 Å². The molecule has 0 aliphatic heterocycles. The van der Waals surface area contributed by atoms with Crippen molar-refractivity contribution in [3.63, 3.8) is 0 Å². The standard InChI is InChI=1S/C26H31N3OS/c1-26-15-14-21-20-11-9-19(30-2)16-17(20)8-10-22(21)23(26)12-13-24(26)28-29-25(31)27-18-6-4-3-5-7-18/h3-7,9,11,16,21-23H,8,10,12-15H2,1-2H3,(H2,27,29,31). The van der Waals surface area contributed by atoms with Gasteiger partial charge in [0, 0.05) is 16.8 Å². The van der Waals surface area contributed by atoms with Crippen LogP contribution in [0.4, 0.5) is 5.69 Å². The highest BCUT2D eigenvalue weighted by Gasteiger charge is 2.53. The summed E-state index contributed by atoms with van der Waals surface area (Å²) in [6.45, 7) is 2.44. The summed E-state index contributed by atoms with van der Waals surface area (Å²) in [6, 6.07) is 16.7. The van der Waals surface area contributed by atoms with Crippen LogP contribution in [0.15, 0.2) is 53.6 Å². The highest BCUT2D eigenvalue weighted by atomic mass is 32.1. The minimum absolute atomic E-state index is 0.181. The number of aryl methyl sites for hydroxylation is 1. The number of thiocarbonyl (C=S) groups is 1. The van der Waals surface area contributed by atoms with Gasteiger partial charge in [0.1, 0.15) is 5.75 Å². The third kappa shape index (κ3) is 3.73. The first-order chi connectivity index (χ1) is 15.1. The summed E-state index contributed by atoms with van der Waals surface area (Å²) in [5.74, 6) is 3.12.